The maximum Gasteiger partial charge on any atom is 0.133 e. The molecule has 1 aliphatic carbocycles. The predicted molar refractivity (Wildman–Crippen MR) is 85.5 cm³/mol. The molecule has 0 spiro atoms. The third kappa shape index (κ3) is 3.75. The monoisotopic (exact) mass is 351 g/mol. The number of hydrogen-bond acceptors (Lipinski definition) is 2. The highest BCUT2D eigenvalue weighted by molar-refractivity contribution is 9.10. The van der Waals surface area contributed by atoms with Gasteiger partial charge in [-0.2, -0.15) is 0 Å². The maximum atomic E-state index is 6.08. The highest BCUT2D eigenvalue weighted by Gasteiger charge is 2.20. The number of rotatable bonds is 5. The summed E-state index contributed by atoms with van der Waals surface area (Å²) in [6.07, 6.45) is 2.55. The van der Waals surface area contributed by atoms with Crippen LogP contribution >= 0.6 is 27.5 Å². The van der Waals surface area contributed by atoms with E-state index in [1.54, 1.807) is 0 Å². The summed E-state index contributed by atoms with van der Waals surface area (Å²) in [5, 5.41) is 4.18. The molecule has 1 aliphatic rings. The van der Waals surface area contributed by atoms with E-state index in [0.29, 0.717) is 11.1 Å². The molecule has 0 atom stereocenters. The largest absolute Gasteiger partial charge is 0.457 e. The van der Waals surface area contributed by atoms with Crippen LogP contribution in [-0.2, 0) is 6.54 Å². The Balaban J connectivity index is 1.78. The summed E-state index contributed by atoms with van der Waals surface area (Å²) in [6.45, 7) is 0.813. The van der Waals surface area contributed by atoms with Crippen LogP contribution in [0, 0.1) is 0 Å². The standard InChI is InChI=1S/C16H15BrClNO/c17-12-2-7-15(8-3-12)20-16-9-13(18)4-1-11(16)10-19-14-5-6-14/h1-4,7-9,14,19H,5-6,10H2. The van der Waals surface area contributed by atoms with Crippen LogP contribution < -0.4 is 10.1 Å². The van der Waals surface area contributed by atoms with Crippen molar-refractivity contribution in [3.8, 4) is 11.5 Å². The fourth-order valence-corrected chi connectivity index (χ4v) is 2.37. The molecule has 1 fully saturated rings. The zero-order chi connectivity index (χ0) is 13.9. The molecule has 104 valence electrons. The smallest absolute Gasteiger partial charge is 0.133 e. The lowest BCUT2D eigenvalue weighted by molar-refractivity contribution is 0.472. The number of benzene rings is 2. The van der Waals surface area contributed by atoms with Gasteiger partial charge in [0.2, 0.25) is 0 Å². The maximum absolute atomic E-state index is 6.08. The Kier molecular flexibility index (Phi) is 4.29. The first-order chi connectivity index (χ1) is 9.70. The Hall–Kier alpha value is -1.03. The SMILES string of the molecule is Clc1ccc(CNC2CC2)c(Oc2ccc(Br)cc2)c1. The van der Waals surface area contributed by atoms with Gasteiger partial charge in [0.25, 0.3) is 0 Å². The van der Waals surface area contributed by atoms with Crippen molar-refractivity contribution in [3.63, 3.8) is 0 Å². The van der Waals surface area contributed by atoms with E-state index >= 15 is 0 Å². The van der Waals surface area contributed by atoms with Crippen molar-refractivity contribution in [2.24, 2.45) is 0 Å². The Morgan fingerprint density at radius 1 is 1.15 bits per heavy atom. The van der Waals surface area contributed by atoms with Gasteiger partial charge >= 0.3 is 0 Å². The zero-order valence-electron chi connectivity index (χ0n) is 10.9. The summed E-state index contributed by atoms with van der Waals surface area (Å²) in [7, 11) is 0. The topological polar surface area (TPSA) is 21.3 Å². The van der Waals surface area contributed by atoms with Gasteiger partial charge in [-0.1, -0.05) is 33.6 Å². The minimum Gasteiger partial charge on any atom is -0.457 e. The van der Waals surface area contributed by atoms with Crippen LogP contribution in [0.15, 0.2) is 46.9 Å². The Morgan fingerprint density at radius 2 is 1.90 bits per heavy atom. The molecular formula is C16H15BrClNO. The van der Waals surface area contributed by atoms with Crippen LogP contribution in [0.1, 0.15) is 18.4 Å². The molecule has 20 heavy (non-hydrogen) atoms. The van der Waals surface area contributed by atoms with Gasteiger partial charge in [0, 0.05) is 27.6 Å². The Morgan fingerprint density at radius 3 is 2.60 bits per heavy atom. The first kappa shape index (κ1) is 13.9. The average Bonchev–Trinajstić information content (AvgIpc) is 3.25. The summed E-state index contributed by atoms with van der Waals surface area (Å²) in [4.78, 5) is 0. The summed E-state index contributed by atoms with van der Waals surface area (Å²) < 4.78 is 6.99. The van der Waals surface area contributed by atoms with E-state index in [-0.39, 0.29) is 0 Å². The van der Waals surface area contributed by atoms with E-state index in [4.69, 9.17) is 16.3 Å². The molecule has 2 nitrogen and oxygen atoms in total. The van der Waals surface area contributed by atoms with Gasteiger partial charge in [0.15, 0.2) is 0 Å². The summed E-state index contributed by atoms with van der Waals surface area (Å²) in [5.41, 5.74) is 1.13. The summed E-state index contributed by atoms with van der Waals surface area (Å²) in [5.74, 6) is 1.62. The molecular weight excluding hydrogens is 338 g/mol. The van der Waals surface area contributed by atoms with Gasteiger partial charge in [0.05, 0.1) is 0 Å². The van der Waals surface area contributed by atoms with Crippen LogP contribution in [0.5, 0.6) is 11.5 Å². The van der Waals surface area contributed by atoms with Crippen LogP contribution in [0.3, 0.4) is 0 Å². The van der Waals surface area contributed by atoms with Gasteiger partial charge < -0.3 is 10.1 Å². The summed E-state index contributed by atoms with van der Waals surface area (Å²) in [6, 6.07) is 14.3. The second kappa shape index (κ2) is 6.17. The number of hydrogen-bond donors (Lipinski definition) is 1. The first-order valence-corrected chi connectivity index (χ1v) is 7.83. The van der Waals surface area contributed by atoms with E-state index in [1.165, 1.54) is 12.8 Å². The van der Waals surface area contributed by atoms with E-state index in [9.17, 15) is 0 Å². The Labute approximate surface area is 132 Å². The minimum absolute atomic E-state index is 0.672. The fraction of sp³-hybridized carbons (Fsp3) is 0.250. The lowest BCUT2D eigenvalue weighted by Crippen LogP contribution is -2.15. The van der Waals surface area contributed by atoms with Crippen LogP contribution in [0.2, 0.25) is 5.02 Å². The Bertz CT molecular complexity index is 596. The first-order valence-electron chi connectivity index (χ1n) is 6.66. The molecule has 0 unspecified atom stereocenters. The van der Waals surface area contributed by atoms with Crippen molar-refractivity contribution >= 4 is 27.5 Å². The molecule has 0 heterocycles. The van der Waals surface area contributed by atoms with E-state index in [0.717, 1.165) is 28.1 Å². The van der Waals surface area contributed by atoms with E-state index in [1.807, 2.05) is 42.5 Å². The molecule has 0 bridgehead atoms. The molecule has 3 rings (SSSR count). The van der Waals surface area contributed by atoms with Crippen molar-refractivity contribution in [1.82, 2.24) is 5.32 Å². The van der Waals surface area contributed by atoms with E-state index in [2.05, 4.69) is 21.2 Å². The van der Waals surface area contributed by atoms with Crippen molar-refractivity contribution in [1.29, 1.82) is 0 Å². The molecule has 0 saturated heterocycles. The number of nitrogens with one attached hydrogen (secondary N) is 1. The predicted octanol–water partition coefficient (Wildman–Crippen LogP) is 5.15. The van der Waals surface area contributed by atoms with Crippen LogP contribution in [0.25, 0.3) is 0 Å². The van der Waals surface area contributed by atoms with Crippen molar-refractivity contribution in [2.45, 2.75) is 25.4 Å². The second-order valence-corrected chi connectivity index (χ2v) is 6.32. The summed E-state index contributed by atoms with van der Waals surface area (Å²) >= 11 is 9.49. The zero-order valence-corrected chi connectivity index (χ0v) is 13.2. The normalized spacial score (nSPS) is 14.3. The third-order valence-corrected chi connectivity index (χ3v) is 3.99. The fourth-order valence-electron chi connectivity index (χ4n) is 1.94. The lowest BCUT2D eigenvalue weighted by Gasteiger charge is -2.12. The van der Waals surface area contributed by atoms with E-state index < -0.39 is 0 Å². The second-order valence-electron chi connectivity index (χ2n) is 4.96. The van der Waals surface area contributed by atoms with Crippen LogP contribution in [-0.4, -0.2) is 6.04 Å². The van der Waals surface area contributed by atoms with Crippen molar-refractivity contribution in [3.05, 3.63) is 57.5 Å². The van der Waals surface area contributed by atoms with Gasteiger partial charge in [-0.25, -0.2) is 0 Å². The minimum atomic E-state index is 0.672. The molecule has 4 heteroatoms. The molecule has 2 aromatic carbocycles. The molecule has 0 aliphatic heterocycles. The molecule has 1 saturated carbocycles. The molecule has 0 amide bonds. The average molecular weight is 353 g/mol. The molecule has 1 N–H and O–H groups in total. The quantitative estimate of drug-likeness (QED) is 0.804. The van der Waals surface area contributed by atoms with Crippen molar-refractivity contribution in [2.75, 3.05) is 0 Å². The molecule has 2 aromatic rings. The van der Waals surface area contributed by atoms with Crippen LogP contribution in [0.4, 0.5) is 0 Å². The van der Waals surface area contributed by atoms with Gasteiger partial charge in [-0.3, -0.25) is 0 Å². The van der Waals surface area contributed by atoms with Crippen molar-refractivity contribution < 1.29 is 4.74 Å². The van der Waals surface area contributed by atoms with Gasteiger partial charge in [0.1, 0.15) is 11.5 Å². The molecule has 0 radical (unpaired) electrons. The van der Waals surface area contributed by atoms with Gasteiger partial charge in [-0.15, -0.1) is 0 Å². The number of ether oxygens (including phenoxy) is 1. The highest BCUT2D eigenvalue weighted by Crippen LogP contribution is 2.30. The lowest BCUT2D eigenvalue weighted by atomic mass is 10.2. The third-order valence-electron chi connectivity index (χ3n) is 3.23. The van der Waals surface area contributed by atoms with Gasteiger partial charge in [-0.05, 0) is 49.2 Å². The number of halogens is 2. The molecule has 0 aromatic heterocycles. The highest BCUT2D eigenvalue weighted by atomic mass is 79.9.